The Labute approximate surface area is 178 Å². The van der Waals surface area contributed by atoms with Crippen molar-refractivity contribution in [2.75, 3.05) is 13.2 Å². The van der Waals surface area contributed by atoms with Crippen LogP contribution in [0.1, 0.15) is 65.2 Å². The van der Waals surface area contributed by atoms with Crippen molar-refractivity contribution in [1.29, 1.82) is 0 Å². The van der Waals surface area contributed by atoms with E-state index in [0.29, 0.717) is 19.4 Å². The Morgan fingerprint density at radius 2 is 1.97 bits per heavy atom. The molecule has 6 atom stereocenters. The van der Waals surface area contributed by atoms with Crippen LogP contribution in [0.3, 0.4) is 0 Å². The third-order valence-electron chi connectivity index (χ3n) is 7.53. The first-order valence-corrected chi connectivity index (χ1v) is 11.6. The van der Waals surface area contributed by atoms with Crippen LogP contribution in [0, 0.1) is 11.8 Å². The number of amides is 3. The first-order valence-electron chi connectivity index (χ1n) is 11.6. The third kappa shape index (κ3) is 3.32. The number of rotatable bonds is 7. The normalized spacial score (nSPS) is 36.6. The molecule has 168 valence electrons. The molecule has 2 bridgehead atoms. The van der Waals surface area contributed by atoms with Crippen molar-refractivity contribution >= 4 is 17.7 Å². The minimum atomic E-state index is -0.974. The zero-order valence-electron chi connectivity index (χ0n) is 18.1. The fraction of sp³-hybridized carbons (Fsp3) is 0.864. The van der Waals surface area contributed by atoms with Crippen LogP contribution in [-0.4, -0.2) is 70.7 Å². The lowest BCUT2D eigenvalue weighted by atomic mass is 9.70. The molecular formula is C22H35N3O5. The monoisotopic (exact) mass is 421 g/mol. The van der Waals surface area contributed by atoms with Crippen LogP contribution < -0.4 is 10.6 Å². The van der Waals surface area contributed by atoms with Crippen molar-refractivity contribution in [3.63, 3.8) is 0 Å². The summed E-state index contributed by atoms with van der Waals surface area (Å²) < 4.78 is 6.35. The maximum absolute atomic E-state index is 13.5. The lowest BCUT2D eigenvalue weighted by Gasteiger charge is -2.37. The molecule has 3 saturated heterocycles. The van der Waals surface area contributed by atoms with Crippen molar-refractivity contribution in [2.45, 2.75) is 95.0 Å². The Bertz CT molecular complexity index is 694. The molecular weight excluding hydrogens is 386 g/mol. The first-order chi connectivity index (χ1) is 14.4. The van der Waals surface area contributed by atoms with Gasteiger partial charge in [-0.15, -0.1) is 0 Å². The average molecular weight is 422 g/mol. The van der Waals surface area contributed by atoms with Gasteiger partial charge in [-0.3, -0.25) is 14.4 Å². The predicted octanol–water partition coefficient (Wildman–Crippen LogP) is 0.717. The van der Waals surface area contributed by atoms with Crippen LogP contribution in [-0.2, 0) is 19.1 Å². The van der Waals surface area contributed by atoms with E-state index in [4.69, 9.17) is 4.74 Å². The second-order valence-corrected chi connectivity index (χ2v) is 9.47. The Morgan fingerprint density at radius 1 is 1.23 bits per heavy atom. The van der Waals surface area contributed by atoms with Crippen LogP contribution in [0.4, 0.5) is 0 Å². The molecule has 8 heteroatoms. The smallest absolute Gasteiger partial charge is 0.246 e. The summed E-state index contributed by atoms with van der Waals surface area (Å²) in [5, 5.41) is 15.9. The molecule has 1 saturated carbocycles. The molecule has 30 heavy (non-hydrogen) atoms. The van der Waals surface area contributed by atoms with Gasteiger partial charge < -0.3 is 25.4 Å². The number of fused-ring (bicyclic) bond motifs is 1. The fourth-order valence-corrected chi connectivity index (χ4v) is 6.15. The number of hydrogen-bond donors (Lipinski definition) is 3. The van der Waals surface area contributed by atoms with Gasteiger partial charge in [0.05, 0.1) is 30.6 Å². The van der Waals surface area contributed by atoms with Crippen molar-refractivity contribution in [1.82, 2.24) is 15.5 Å². The number of aliphatic hydroxyl groups excluding tert-OH is 1. The summed E-state index contributed by atoms with van der Waals surface area (Å²) in [5.41, 5.74) is -0.974. The molecule has 3 amide bonds. The van der Waals surface area contributed by atoms with Gasteiger partial charge in [-0.25, -0.2) is 0 Å². The van der Waals surface area contributed by atoms with Crippen molar-refractivity contribution in [2.24, 2.45) is 11.8 Å². The second kappa shape index (κ2) is 8.46. The minimum absolute atomic E-state index is 0.116. The van der Waals surface area contributed by atoms with Gasteiger partial charge in [0.2, 0.25) is 17.7 Å². The zero-order valence-corrected chi connectivity index (χ0v) is 18.1. The van der Waals surface area contributed by atoms with Gasteiger partial charge >= 0.3 is 0 Å². The quantitative estimate of drug-likeness (QED) is 0.561. The Hall–Kier alpha value is -1.67. The van der Waals surface area contributed by atoms with E-state index < -0.39 is 29.5 Å². The first kappa shape index (κ1) is 21.6. The SMILES string of the molecule is CCCNC(=O)[C@@H]1[C@H]2C(=O)N([C@H](C)CO)C(C(=O)NC3CCCCC3)C23CC[C@H]1O3. The summed E-state index contributed by atoms with van der Waals surface area (Å²) in [6, 6.07) is -1.19. The predicted molar refractivity (Wildman–Crippen MR) is 109 cm³/mol. The van der Waals surface area contributed by atoms with Crippen LogP contribution in [0.25, 0.3) is 0 Å². The van der Waals surface area contributed by atoms with Gasteiger partial charge in [-0.1, -0.05) is 26.2 Å². The van der Waals surface area contributed by atoms with Gasteiger partial charge in [0.25, 0.3) is 0 Å². The zero-order chi connectivity index (χ0) is 21.5. The highest BCUT2D eigenvalue weighted by Crippen LogP contribution is 2.58. The number of carbonyl (C=O) groups is 3. The van der Waals surface area contributed by atoms with E-state index in [1.807, 2.05) is 6.92 Å². The van der Waals surface area contributed by atoms with Crippen molar-refractivity contribution in [3.8, 4) is 0 Å². The third-order valence-corrected chi connectivity index (χ3v) is 7.53. The number of ether oxygens (including phenoxy) is 1. The van der Waals surface area contributed by atoms with Crippen LogP contribution in [0.5, 0.6) is 0 Å². The van der Waals surface area contributed by atoms with Gasteiger partial charge in [-0.05, 0) is 39.0 Å². The molecule has 2 unspecified atom stereocenters. The van der Waals surface area contributed by atoms with Gasteiger partial charge in [-0.2, -0.15) is 0 Å². The van der Waals surface area contributed by atoms with E-state index in [9.17, 15) is 19.5 Å². The standard InChI is InChI=1S/C22H35N3O5/c1-3-11-23-19(27)16-15-9-10-22(30-15)17(16)21(29)25(13(2)12-26)18(22)20(28)24-14-7-5-4-6-8-14/h13-18,26H,3-12H2,1-2H3,(H,23,27)(H,24,28)/t13-,15-,16+,17+,18?,22?/m1/s1. The molecule has 8 nitrogen and oxygen atoms in total. The second-order valence-electron chi connectivity index (χ2n) is 9.47. The number of carbonyl (C=O) groups excluding carboxylic acids is 3. The number of nitrogens with zero attached hydrogens (tertiary/aromatic N) is 1. The van der Waals surface area contributed by atoms with Gasteiger partial charge in [0, 0.05) is 12.6 Å². The summed E-state index contributed by atoms with van der Waals surface area (Å²) in [4.78, 5) is 41.5. The number of hydrogen-bond acceptors (Lipinski definition) is 5. The molecule has 1 aliphatic carbocycles. The number of nitrogens with one attached hydrogen (secondary N) is 2. The van der Waals surface area contributed by atoms with E-state index in [1.54, 1.807) is 6.92 Å². The summed E-state index contributed by atoms with van der Waals surface area (Å²) in [6.45, 7) is 4.04. The van der Waals surface area contributed by atoms with Crippen LogP contribution in [0.2, 0.25) is 0 Å². The van der Waals surface area contributed by atoms with E-state index >= 15 is 0 Å². The molecule has 0 aromatic heterocycles. The molecule has 4 fully saturated rings. The van der Waals surface area contributed by atoms with E-state index in [0.717, 1.165) is 32.1 Å². The van der Waals surface area contributed by atoms with Crippen molar-refractivity contribution in [3.05, 3.63) is 0 Å². The fourth-order valence-electron chi connectivity index (χ4n) is 6.15. The lowest BCUT2D eigenvalue weighted by molar-refractivity contribution is -0.145. The molecule has 4 aliphatic rings. The maximum Gasteiger partial charge on any atom is 0.246 e. The number of likely N-dealkylation sites (tertiary alicyclic amines) is 1. The topological polar surface area (TPSA) is 108 Å². The molecule has 1 spiro atoms. The van der Waals surface area contributed by atoms with E-state index in [1.165, 1.54) is 11.3 Å². The van der Waals surface area contributed by atoms with Crippen LogP contribution >= 0.6 is 0 Å². The lowest BCUT2D eigenvalue weighted by Crippen LogP contribution is -2.59. The molecule has 0 aromatic carbocycles. The van der Waals surface area contributed by atoms with Crippen LogP contribution in [0.15, 0.2) is 0 Å². The maximum atomic E-state index is 13.5. The average Bonchev–Trinajstić information content (AvgIpc) is 3.39. The summed E-state index contributed by atoms with van der Waals surface area (Å²) in [6.07, 6.45) is 7.02. The van der Waals surface area contributed by atoms with E-state index in [-0.39, 0.29) is 36.5 Å². The Kier molecular flexibility index (Phi) is 6.08. The highest BCUT2D eigenvalue weighted by atomic mass is 16.5. The molecule has 0 radical (unpaired) electrons. The highest BCUT2D eigenvalue weighted by molar-refractivity contribution is 5.99. The van der Waals surface area contributed by atoms with Crippen molar-refractivity contribution < 1.29 is 24.2 Å². The molecule has 0 aromatic rings. The summed E-state index contributed by atoms with van der Waals surface area (Å²) in [7, 11) is 0. The van der Waals surface area contributed by atoms with Gasteiger partial charge in [0.15, 0.2) is 0 Å². The van der Waals surface area contributed by atoms with Gasteiger partial charge in [0.1, 0.15) is 11.6 Å². The minimum Gasteiger partial charge on any atom is -0.394 e. The molecule has 4 rings (SSSR count). The Balaban J connectivity index is 1.64. The molecule has 3 N–H and O–H groups in total. The summed E-state index contributed by atoms with van der Waals surface area (Å²) >= 11 is 0. The van der Waals surface area contributed by atoms with E-state index in [2.05, 4.69) is 10.6 Å². The molecule has 3 aliphatic heterocycles. The largest absolute Gasteiger partial charge is 0.394 e. The Morgan fingerprint density at radius 3 is 2.63 bits per heavy atom. The number of aliphatic hydroxyl groups is 1. The molecule has 3 heterocycles. The summed E-state index contributed by atoms with van der Waals surface area (Å²) in [5.74, 6) is -1.83. The highest BCUT2D eigenvalue weighted by Gasteiger charge is 2.74.